The molecule has 0 N–H and O–H groups in total. The molecular weight excluding hydrogens is 462 g/mol. The van der Waals surface area contributed by atoms with Gasteiger partial charge in [0, 0.05) is 6.20 Å². The molecule has 11 heteroatoms. The lowest BCUT2D eigenvalue weighted by Gasteiger charge is -2.23. The van der Waals surface area contributed by atoms with Crippen LogP contribution in [0.5, 0.6) is 5.75 Å². The van der Waals surface area contributed by atoms with E-state index in [1.54, 1.807) is 25.1 Å². The number of benzene rings is 2. The first-order valence-corrected chi connectivity index (χ1v) is 11.1. The topological polar surface area (TPSA) is 63.9 Å². The fourth-order valence-corrected chi connectivity index (χ4v) is 4.79. The van der Waals surface area contributed by atoms with Crippen LogP contribution < -0.4 is 9.04 Å². The molecule has 0 radical (unpaired) electrons. The molecular formula is C22H17F4N3O3S. The van der Waals surface area contributed by atoms with Crippen molar-refractivity contribution in [3.8, 4) is 5.75 Å². The second kappa shape index (κ2) is 8.39. The monoisotopic (exact) mass is 479 g/mol. The van der Waals surface area contributed by atoms with Crippen LogP contribution in [0.25, 0.3) is 5.65 Å². The molecule has 0 amide bonds. The highest BCUT2D eigenvalue weighted by atomic mass is 32.2. The predicted octanol–water partition coefficient (Wildman–Crippen LogP) is 5.08. The van der Waals surface area contributed by atoms with Crippen LogP contribution in [0.15, 0.2) is 77.8 Å². The summed E-state index contributed by atoms with van der Waals surface area (Å²) in [6.45, 7) is 1.37. The van der Waals surface area contributed by atoms with E-state index in [4.69, 9.17) is 0 Å². The number of rotatable bonds is 6. The number of sulfonamides is 1. The zero-order chi connectivity index (χ0) is 23.8. The summed E-state index contributed by atoms with van der Waals surface area (Å²) < 4.78 is 84.5. The third kappa shape index (κ3) is 4.77. The van der Waals surface area contributed by atoms with Gasteiger partial charge in [-0.15, -0.1) is 13.2 Å². The highest BCUT2D eigenvalue weighted by Crippen LogP contribution is 2.30. The smallest absolute Gasteiger partial charge is 0.406 e. The van der Waals surface area contributed by atoms with E-state index in [0.717, 1.165) is 16.4 Å². The molecule has 0 aliphatic carbocycles. The standard InChI is InChI=1S/C22H17F4N3O3S/c1-15-21(27-20-12-9-17(23)14-28(15)20)29(33(30,31)19-5-3-2-4-6-19)13-16-7-10-18(11-8-16)32-22(24,25)26/h2-12,14H,13H2,1H3. The summed E-state index contributed by atoms with van der Waals surface area (Å²) in [5, 5.41) is 0. The molecule has 0 aliphatic heterocycles. The molecule has 6 nitrogen and oxygen atoms in total. The lowest BCUT2D eigenvalue weighted by atomic mass is 10.2. The third-order valence-electron chi connectivity index (χ3n) is 4.85. The average Bonchev–Trinajstić information content (AvgIpc) is 3.08. The van der Waals surface area contributed by atoms with Crippen molar-refractivity contribution in [2.75, 3.05) is 4.31 Å². The molecule has 0 aliphatic rings. The molecule has 0 fully saturated rings. The molecule has 0 atom stereocenters. The maximum atomic E-state index is 13.8. The summed E-state index contributed by atoms with van der Waals surface area (Å²) in [5.41, 5.74) is 1.11. The van der Waals surface area contributed by atoms with Gasteiger partial charge in [-0.1, -0.05) is 30.3 Å². The van der Waals surface area contributed by atoms with Crippen LogP contribution in [0.2, 0.25) is 0 Å². The minimum Gasteiger partial charge on any atom is -0.406 e. The number of fused-ring (bicyclic) bond motifs is 1. The molecule has 2 heterocycles. The Kier molecular flexibility index (Phi) is 5.75. The molecule has 0 unspecified atom stereocenters. The Labute approximate surface area is 186 Å². The van der Waals surface area contributed by atoms with Crippen molar-refractivity contribution >= 4 is 21.5 Å². The summed E-state index contributed by atoms with van der Waals surface area (Å²) in [6.07, 6.45) is -3.65. The zero-order valence-corrected chi connectivity index (χ0v) is 17.9. The van der Waals surface area contributed by atoms with Crippen LogP contribution in [0.3, 0.4) is 0 Å². The molecule has 0 spiro atoms. The number of imidazole rings is 1. The highest BCUT2D eigenvalue weighted by molar-refractivity contribution is 7.92. The molecule has 172 valence electrons. The van der Waals surface area contributed by atoms with Crippen molar-refractivity contribution in [2.45, 2.75) is 24.7 Å². The Morgan fingerprint density at radius 1 is 1.00 bits per heavy atom. The molecule has 2 aromatic carbocycles. The minimum absolute atomic E-state index is 0.00432. The Balaban J connectivity index is 1.78. The van der Waals surface area contributed by atoms with Gasteiger partial charge in [-0.25, -0.2) is 22.1 Å². The number of alkyl halides is 3. The second-order valence-electron chi connectivity index (χ2n) is 7.11. The number of ether oxygens (including phenoxy) is 1. The van der Waals surface area contributed by atoms with E-state index >= 15 is 0 Å². The molecule has 0 saturated carbocycles. The first kappa shape index (κ1) is 22.6. The third-order valence-corrected chi connectivity index (χ3v) is 6.60. The summed E-state index contributed by atoms with van der Waals surface area (Å²) in [7, 11) is -4.12. The number of pyridine rings is 1. The van der Waals surface area contributed by atoms with Crippen LogP contribution in [0, 0.1) is 12.7 Å². The fourth-order valence-electron chi connectivity index (χ4n) is 3.32. The van der Waals surface area contributed by atoms with E-state index in [9.17, 15) is 26.0 Å². The summed E-state index contributed by atoms with van der Waals surface area (Å²) >= 11 is 0. The van der Waals surface area contributed by atoms with Gasteiger partial charge in [0.15, 0.2) is 5.82 Å². The maximum Gasteiger partial charge on any atom is 0.573 e. The Morgan fingerprint density at radius 3 is 2.30 bits per heavy atom. The molecule has 0 saturated heterocycles. The van der Waals surface area contributed by atoms with Crippen molar-refractivity contribution < 1.29 is 30.7 Å². The fraction of sp³-hybridized carbons (Fsp3) is 0.136. The number of aryl methyl sites for hydroxylation is 1. The lowest BCUT2D eigenvalue weighted by molar-refractivity contribution is -0.274. The Bertz CT molecular complexity index is 1390. The van der Waals surface area contributed by atoms with Gasteiger partial charge in [-0.2, -0.15) is 0 Å². The van der Waals surface area contributed by atoms with Crippen LogP contribution in [0.1, 0.15) is 11.3 Å². The summed E-state index contributed by atoms with van der Waals surface area (Å²) in [5.74, 6) is -0.879. The SMILES string of the molecule is Cc1c(N(Cc2ccc(OC(F)(F)F)cc2)S(=O)(=O)c2ccccc2)nc2ccc(F)cn12. The van der Waals surface area contributed by atoms with Crippen molar-refractivity contribution in [3.63, 3.8) is 0 Å². The maximum absolute atomic E-state index is 13.8. The number of halogens is 4. The van der Waals surface area contributed by atoms with Gasteiger partial charge in [0.1, 0.15) is 17.2 Å². The first-order chi connectivity index (χ1) is 15.5. The molecule has 33 heavy (non-hydrogen) atoms. The number of hydrogen-bond donors (Lipinski definition) is 0. The van der Waals surface area contributed by atoms with Crippen LogP contribution in [-0.4, -0.2) is 24.2 Å². The van der Waals surface area contributed by atoms with E-state index in [1.807, 2.05) is 0 Å². The summed E-state index contributed by atoms with van der Waals surface area (Å²) in [4.78, 5) is 4.38. The van der Waals surface area contributed by atoms with Gasteiger partial charge in [-0.3, -0.25) is 4.40 Å². The first-order valence-electron chi connectivity index (χ1n) is 9.61. The number of hydrogen-bond acceptors (Lipinski definition) is 4. The number of aromatic nitrogens is 2. The average molecular weight is 479 g/mol. The van der Waals surface area contributed by atoms with E-state index in [1.165, 1.54) is 47.0 Å². The van der Waals surface area contributed by atoms with Gasteiger partial charge in [-0.05, 0) is 48.9 Å². The van der Waals surface area contributed by atoms with Crippen LogP contribution in [0.4, 0.5) is 23.4 Å². The normalized spacial score (nSPS) is 12.2. The zero-order valence-electron chi connectivity index (χ0n) is 17.1. The van der Waals surface area contributed by atoms with Crippen LogP contribution in [-0.2, 0) is 16.6 Å². The van der Waals surface area contributed by atoms with E-state index < -0.39 is 28.0 Å². The van der Waals surface area contributed by atoms with Crippen LogP contribution >= 0.6 is 0 Å². The van der Waals surface area contributed by atoms with Crippen molar-refractivity contribution in [2.24, 2.45) is 0 Å². The Hall–Kier alpha value is -3.60. The predicted molar refractivity (Wildman–Crippen MR) is 113 cm³/mol. The highest BCUT2D eigenvalue weighted by Gasteiger charge is 2.32. The summed E-state index contributed by atoms with van der Waals surface area (Å²) in [6, 6.07) is 15.1. The van der Waals surface area contributed by atoms with Gasteiger partial charge >= 0.3 is 6.36 Å². The number of nitrogens with zero attached hydrogens (tertiary/aromatic N) is 3. The molecule has 4 rings (SSSR count). The minimum atomic E-state index is -4.84. The van der Waals surface area contributed by atoms with E-state index in [-0.39, 0.29) is 17.3 Å². The van der Waals surface area contributed by atoms with Gasteiger partial charge in [0.2, 0.25) is 0 Å². The molecule has 2 aromatic heterocycles. The van der Waals surface area contributed by atoms with E-state index in [2.05, 4.69) is 9.72 Å². The van der Waals surface area contributed by atoms with Gasteiger partial charge in [0.05, 0.1) is 17.1 Å². The van der Waals surface area contributed by atoms with Crippen molar-refractivity contribution in [3.05, 3.63) is 90.0 Å². The van der Waals surface area contributed by atoms with E-state index in [0.29, 0.717) is 16.9 Å². The quantitative estimate of drug-likeness (QED) is 0.362. The van der Waals surface area contributed by atoms with Crippen molar-refractivity contribution in [1.82, 2.24) is 9.38 Å². The molecule has 4 aromatic rings. The van der Waals surface area contributed by atoms with Gasteiger partial charge < -0.3 is 4.74 Å². The van der Waals surface area contributed by atoms with Gasteiger partial charge in [0.25, 0.3) is 10.0 Å². The van der Waals surface area contributed by atoms with Crippen molar-refractivity contribution in [1.29, 1.82) is 0 Å². The largest absolute Gasteiger partial charge is 0.573 e. The lowest BCUT2D eigenvalue weighted by Crippen LogP contribution is -2.31. The Morgan fingerprint density at radius 2 is 1.67 bits per heavy atom. The number of anilines is 1. The molecule has 0 bridgehead atoms. The second-order valence-corrected chi connectivity index (χ2v) is 8.98.